The van der Waals surface area contributed by atoms with E-state index in [1.54, 1.807) is 19.1 Å². The molecule has 2 aromatic rings. The van der Waals surface area contributed by atoms with Gasteiger partial charge in [-0.1, -0.05) is 0 Å². The minimum atomic E-state index is -0.314. The Bertz CT molecular complexity index is 706. The van der Waals surface area contributed by atoms with Crippen molar-refractivity contribution in [3.05, 3.63) is 41.7 Å². The molecule has 2 heterocycles. The van der Waals surface area contributed by atoms with Crippen molar-refractivity contribution >= 4 is 5.91 Å². The number of hydrogen-bond donors (Lipinski definition) is 1. The molecule has 1 saturated heterocycles. The summed E-state index contributed by atoms with van der Waals surface area (Å²) in [5, 5.41) is 7.14. The second-order valence-corrected chi connectivity index (χ2v) is 6.17. The molecule has 1 fully saturated rings. The Kier molecular flexibility index (Phi) is 4.89. The van der Waals surface area contributed by atoms with Crippen LogP contribution in [0.15, 0.2) is 24.3 Å². The molecule has 0 bridgehead atoms. The van der Waals surface area contributed by atoms with E-state index in [2.05, 4.69) is 27.2 Å². The van der Waals surface area contributed by atoms with Crippen LogP contribution in [0, 0.1) is 12.7 Å². The number of rotatable bonds is 5. The molecule has 3 rings (SSSR count). The van der Waals surface area contributed by atoms with Crippen LogP contribution >= 0.6 is 0 Å². The number of nitrogens with zero attached hydrogens (tertiary/aromatic N) is 4. The molecule has 6 nitrogen and oxygen atoms in total. The van der Waals surface area contributed by atoms with Crippen LogP contribution in [0.5, 0.6) is 0 Å². The standard InChI is InChI=1S/C17H22FN5O/c1-12(22-9-3-4-10-22)11-19-17(24)16-20-13(2)23(21-16)15-7-5-14(18)6-8-15/h5-8,12H,3-4,9-11H2,1-2H3,(H,19,24)/t12-/m0/s1. The first-order valence-corrected chi connectivity index (χ1v) is 8.26. The first-order chi connectivity index (χ1) is 11.5. The van der Waals surface area contributed by atoms with Crippen LogP contribution in [0.3, 0.4) is 0 Å². The van der Waals surface area contributed by atoms with E-state index in [-0.39, 0.29) is 17.5 Å². The lowest BCUT2D eigenvalue weighted by atomic mass is 10.3. The smallest absolute Gasteiger partial charge is 0.291 e. The Hall–Kier alpha value is -2.28. The molecule has 0 saturated carbocycles. The highest BCUT2D eigenvalue weighted by molar-refractivity contribution is 5.90. The van der Waals surface area contributed by atoms with Gasteiger partial charge in [-0.15, -0.1) is 5.10 Å². The zero-order chi connectivity index (χ0) is 17.1. The van der Waals surface area contributed by atoms with Crippen molar-refractivity contribution in [3.8, 4) is 5.69 Å². The van der Waals surface area contributed by atoms with E-state index in [0.717, 1.165) is 13.1 Å². The van der Waals surface area contributed by atoms with Gasteiger partial charge in [-0.05, 0) is 64.0 Å². The second kappa shape index (κ2) is 7.09. The molecule has 24 heavy (non-hydrogen) atoms. The monoisotopic (exact) mass is 331 g/mol. The molecule has 7 heteroatoms. The summed E-state index contributed by atoms with van der Waals surface area (Å²) < 4.78 is 14.6. The number of likely N-dealkylation sites (tertiary alicyclic amines) is 1. The quantitative estimate of drug-likeness (QED) is 0.909. The lowest BCUT2D eigenvalue weighted by Crippen LogP contribution is -2.40. The van der Waals surface area contributed by atoms with Crippen molar-refractivity contribution in [3.63, 3.8) is 0 Å². The number of carbonyl (C=O) groups is 1. The summed E-state index contributed by atoms with van der Waals surface area (Å²) in [6.45, 7) is 6.63. The van der Waals surface area contributed by atoms with Crippen LogP contribution in [0.4, 0.5) is 4.39 Å². The predicted octanol–water partition coefficient (Wildman–Crippen LogP) is 1.93. The topological polar surface area (TPSA) is 63.1 Å². The van der Waals surface area contributed by atoms with E-state index in [1.807, 2.05) is 0 Å². The number of amides is 1. The predicted molar refractivity (Wildman–Crippen MR) is 88.7 cm³/mol. The van der Waals surface area contributed by atoms with Gasteiger partial charge in [-0.2, -0.15) is 0 Å². The third-order valence-electron chi connectivity index (χ3n) is 4.37. The Labute approximate surface area is 140 Å². The number of aryl methyl sites for hydroxylation is 1. The summed E-state index contributed by atoms with van der Waals surface area (Å²) in [4.78, 5) is 18.9. The fourth-order valence-electron chi connectivity index (χ4n) is 2.94. The van der Waals surface area contributed by atoms with Crippen molar-refractivity contribution < 1.29 is 9.18 Å². The molecule has 1 amide bonds. The van der Waals surface area contributed by atoms with Gasteiger partial charge in [0.25, 0.3) is 5.91 Å². The van der Waals surface area contributed by atoms with E-state index >= 15 is 0 Å². The van der Waals surface area contributed by atoms with Gasteiger partial charge in [0.05, 0.1) is 5.69 Å². The molecule has 0 spiro atoms. The molecule has 1 aromatic heterocycles. The molecule has 1 N–H and O–H groups in total. The van der Waals surface area contributed by atoms with Gasteiger partial charge < -0.3 is 5.32 Å². The Balaban J connectivity index is 1.65. The van der Waals surface area contributed by atoms with Crippen LogP contribution in [0.2, 0.25) is 0 Å². The van der Waals surface area contributed by atoms with Crippen LogP contribution < -0.4 is 5.32 Å². The zero-order valence-electron chi connectivity index (χ0n) is 14.0. The third kappa shape index (κ3) is 3.62. The maximum atomic E-state index is 13.0. The Morgan fingerprint density at radius 1 is 1.29 bits per heavy atom. The highest BCUT2D eigenvalue weighted by atomic mass is 19.1. The largest absolute Gasteiger partial charge is 0.348 e. The summed E-state index contributed by atoms with van der Waals surface area (Å²) in [5.41, 5.74) is 0.672. The van der Waals surface area contributed by atoms with Gasteiger partial charge in [-0.3, -0.25) is 9.69 Å². The van der Waals surface area contributed by atoms with Crippen molar-refractivity contribution in [1.29, 1.82) is 0 Å². The van der Waals surface area contributed by atoms with Gasteiger partial charge in [0.2, 0.25) is 5.82 Å². The molecule has 0 unspecified atom stereocenters. The van der Waals surface area contributed by atoms with Gasteiger partial charge in [0.15, 0.2) is 0 Å². The minimum absolute atomic E-state index is 0.130. The van der Waals surface area contributed by atoms with Crippen LogP contribution in [0.25, 0.3) is 5.69 Å². The van der Waals surface area contributed by atoms with E-state index in [0.29, 0.717) is 24.1 Å². The van der Waals surface area contributed by atoms with Crippen molar-refractivity contribution in [2.45, 2.75) is 32.7 Å². The molecule has 0 aliphatic carbocycles. The van der Waals surface area contributed by atoms with Crippen LogP contribution in [0.1, 0.15) is 36.2 Å². The van der Waals surface area contributed by atoms with E-state index < -0.39 is 0 Å². The number of hydrogen-bond acceptors (Lipinski definition) is 4. The summed E-state index contributed by atoms with van der Waals surface area (Å²) >= 11 is 0. The number of benzene rings is 1. The summed E-state index contributed by atoms with van der Waals surface area (Å²) in [7, 11) is 0. The number of aromatic nitrogens is 3. The summed E-state index contributed by atoms with van der Waals surface area (Å²) in [6.07, 6.45) is 2.45. The van der Waals surface area contributed by atoms with E-state index in [4.69, 9.17) is 0 Å². The number of nitrogens with one attached hydrogen (secondary N) is 1. The number of halogens is 1. The first kappa shape index (κ1) is 16.6. The zero-order valence-corrected chi connectivity index (χ0v) is 14.0. The normalized spacial score (nSPS) is 16.3. The molecule has 1 aromatic carbocycles. The average molecular weight is 331 g/mol. The van der Waals surface area contributed by atoms with Gasteiger partial charge in [0, 0.05) is 12.6 Å². The first-order valence-electron chi connectivity index (χ1n) is 8.26. The second-order valence-electron chi connectivity index (χ2n) is 6.17. The Morgan fingerprint density at radius 3 is 2.62 bits per heavy atom. The molecule has 1 aliphatic heterocycles. The maximum absolute atomic E-state index is 13.0. The lowest BCUT2D eigenvalue weighted by molar-refractivity contribution is 0.0930. The van der Waals surface area contributed by atoms with Crippen molar-refractivity contribution in [2.75, 3.05) is 19.6 Å². The molecular weight excluding hydrogens is 309 g/mol. The molecular formula is C17H22FN5O. The highest BCUT2D eigenvalue weighted by Crippen LogP contribution is 2.12. The van der Waals surface area contributed by atoms with Gasteiger partial charge >= 0.3 is 0 Å². The highest BCUT2D eigenvalue weighted by Gasteiger charge is 2.20. The summed E-state index contributed by atoms with van der Waals surface area (Å²) in [6, 6.07) is 6.22. The van der Waals surface area contributed by atoms with Crippen molar-refractivity contribution in [2.24, 2.45) is 0 Å². The van der Waals surface area contributed by atoms with Crippen molar-refractivity contribution in [1.82, 2.24) is 25.0 Å². The fourth-order valence-corrected chi connectivity index (χ4v) is 2.94. The lowest BCUT2D eigenvalue weighted by Gasteiger charge is -2.23. The van der Waals surface area contributed by atoms with Gasteiger partial charge in [-0.25, -0.2) is 14.1 Å². The van der Waals surface area contributed by atoms with Gasteiger partial charge in [0.1, 0.15) is 11.6 Å². The van der Waals surface area contributed by atoms with E-state index in [1.165, 1.54) is 29.7 Å². The van der Waals surface area contributed by atoms with Crippen LogP contribution in [-0.2, 0) is 0 Å². The SMILES string of the molecule is Cc1nc(C(=O)NC[C@H](C)N2CCCC2)nn1-c1ccc(F)cc1. The Morgan fingerprint density at radius 2 is 1.96 bits per heavy atom. The summed E-state index contributed by atoms with van der Waals surface area (Å²) in [5.74, 6) is 0.111. The molecule has 1 aliphatic rings. The minimum Gasteiger partial charge on any atom is -0.348 e. The molecule has 128 valence electrons. The molecule has 1 atom stereocenters. The average Bonchev–Trinajstić information content (AvgIpc) is 3.23. The van der Waals surface area contributed by atoms with E-state index in [9.17, 15) is 9.18 Å². The van der Waals surface area contributed by atoms with Crippen LogP contribution in [-0.4, -0.2) is 51.2 Å². The maximum Gasteiger partial charge on any atom is 0.291 e. The fraction of sp³-hybridized carbons (Fsp3) is 0.471. The third-order valence-corrected chi connectivity index (χ3v) is 4.37. The molecule has 0 radical (unpaired) electrons. The number of carbonyl (C=O) groups excluding carboxylic acids is 1.